The molecule has 0 aliphatic heterocycles. The van der Waals surface area contributed by atoms with Crippen molar-refractivity contribution in [1.82, 2.24) is 4.57 Å². The molecule has 0 saturated carbocycles. The van der Waals surface area contributed by atoms with E-state index in [0.29, 0.717) is 0 Å². The van der Waals surface area contributed by atoms with Gasteiger partial charge in [-0.05, 0) is 148 Å². The van der Waals surface area contributed by atoms with Crippen LogP contribution in [0.4, 0.5) is 0 Å². The van der Waals surface area contributed by atoms with Gasteiger partial charge in [-0.1, -0.05) is 133 Å². The van der Waals surface area contributed by atoms with Crippen molar-refractivity contribution in [3.8, 4) is 55.9 Å². The first-order valence-corrected chi connectivity index (χ1v) is 19.6. The number of aromatic nitrogens is 1. The maximum Gasteiger partial charge on any atom is 0.0482 e. The lowest BCUT2D eigenvalue weighted by Crippen LogP contribution is -2.17. The molecule has 1 heteroatoms. The van der Waals surface area contributed by atoms with Gasteiger partial charge in [-0.25, -0.2) is 0 Å². The molecule has 7 aromatic carbocycles. The Balaban J connectivity index is 0.995. The summed E-state index contributed by atoms with van der Waals surface area (Å²) in [6.07, 6.45) is 0. The van der Waals surface area contributed by atoms with E-state index in [0.717, 1.165) is 0 Å². The average molecular weight is 696 g/mol. The first-order valence-electron chi connectivity index (χ1n) is 19.6. The lowest BCUT2D eigenvalue weighted by atomic mass is 9.79. The molecule has 0 unspecified atom stereocenters. The summed E-state index contributed by atoms with van der Waals surface area (Å²) in [5.41, 5.74) is 23.1. The van der Waals surface area contributed by atoms with Crippen molar-refractivity contribution < 1.29 is 0 Å². The van der Waals surface area contributed by atoms with E-state index in [9.17, 15) is 0 Å². The third-order valence-electron chi connectivity index (χ3n) is 14.0. The fraction of sp³-hybridized carbons (Fsp3) is 0.208. The summed E-state index contributed by atoms with van der Waals surface area (Å²) < 4.78 is 2.40. The highest BCUT2D eigenvalue weighted by Gasteiger charge is 2.42. The molecular weight excluding hydrogens is 651 g/mol. The molecule has 0 atom stereocenters. The normalized spacial score (nSPS) is 16.2. The summed E-state index contributed by atoms with van der Waals surface area (Å²) in [7, 11) is 2.23. The van der Waals surface area contributed by atoms with Crippen molar-refractivity contribution in [3.63, 3.8) is 0 Å². The standard InChI is InChI=1S/C53H45N/c1-30-25-46-50(37-16-12-11-14-34(30)37)38-21-18-33(27-43(38)53(46,6)7)48-24-23-47(54(48)8)32-17-20-36-39-28-45-40(29-44(39)52(4,5)42(36)26-32)49-35-15-10-9-13-31(35)19-22-41(49)51(45,2)3/h9-29H,1-8H3. The van der Waals surface area contributed by atoms with Crippen LogP contribution in [-0.2, 0) is 23.3 Å². The quantitative estimate of drug-likeness (QED) is 0.170. The monoisotopic (exact) mass is 695 g/mol. The zero-order valence-electron chi connectivity index (χ0n) is 32.6. The minimum absolute atomic E-state index is 0.0572. The molecule has 0 N–H and O–H groups in total. The van der Waals surface area contributed by atoms with E-state index in [1.165, 1.54) is 116 Å². The lowest BCUT2D eigenvalue weighted by molar-refractivity contribution is 0.652. The predicted molar refractivity (Wildman–Crippen MR) is 229 cm³/mol. The summed E-state index contributed by atoms with van der Waals surface area (Å²) in [5.74, 6) is 0. The molecule has 0 radical (unpaired) electrons. The topological polar surface area (TPSA) is 4.93 Å². The lowest BCUT2D eigenvalue weighted by Gasteiger charge is -2.24. The smallest absolute Gasteiger partial charge is 0.0482 e. The average Bonchev–Trinajstić information content (AvgIpc) is 3.81. The Hall–Kier alpha value is -5.66. The van der Waals surface area contributed by atoms with Crippen LogP contribution in [0.1, 0.15) is 80.5 Å². The van der Waals surface area contributed by atoms with Gasteiger partial charge in [-0.2, -0.15) is 0 Å². The second-order valence-electron chi connectivity index (χ2n) is 17.9. The zero-order valence-corrected chi connectivity index (χ0v) is 32.6. The van der Waals surface area contributed by atoms with E-state index in [1.54, 1.807) is 0 Å². The predicted octanol–water partition coefficient (Wildman–Crippen LogP) is 13.9. The number of hydrogen-bond acceptors (Lipinski definition) is 0. The second kappa shape index (κ2) is 10.3. The van der Waals surface area contributed by atoms with Crippen molar-refractivity contribution in [3.05, 3.63) is 166 Å². The summed E-state index contributed by atoms with van der Waals surface area (Å²) in [5, 5.41) is 5.38. The Morgan fingerprint density at radius 1 is 0.389 bits per heavy atom. The molecule has 1 aromatic heterocycles. The maximum atomic E-state index is 2.54. The highest BCUT2D eigenvalue weighted by molar-refractivity contribution is 6.05. The van der Waals surface area contributed by atoms with Crippen LogP contribution in [0.15, 0.2) is 127 Å². The summed E-state index contributed by atoms with van der Waals surface area (Å²) in [6.45, 7) is 16.7. The molecule has 0 bridgehead atoms. The van der Waals surface area contributed by atoms with Crippen LogP contribution in [-0.4, -0.2) is 4.57 Å². The van der Waals surface area contributed by atoms with Gasteiger partial charge in [0.05, 0.1) is 0 Å². The van der Waals surface area contributed by atoms with E-state index in [1.807, 2.05) is 0 Å². The largest absolute Gasteiger partial charge is 0.344 e. The van der Waals surface area contributed by atoms with Crippen LogP contribution in [0.5, 0.6) is 0 Å². The molecule has 0 spiro atoms. The Kier molecular flexibility index (Phi) is 6.07. The third-order valence-corrected chi connectivity index (χ3v) is 14.0. The molecule has 1 nitrogen and oxygen atoms in total. The molecule has 262 valence electrons. The SMILES string of the molecule is Cc1cc2c(c3ccccc13)-c1ccc(-c3ccc(-c4ccc5c(c4)C(C)(C)c4cc6c(cc4-5)C(C)(C)c4ccc5ccccc5c4-6)n3C)cc1C2(C)C. The number of rotatable bonds is 2. The van der Waals surface area contributed by atoms with Crippen molar-refractivity contribution in [2.45, 2.75) is 64.7 Å². The van der Waals surface area contributed by atoms with E-state index >= 15 is 0 Å². The van der Waals surface area contributed by atoms with Crippen LogP contribution < -0.4 is 0 Å². The molecular formula is C53H45N. The molecule has 3 aliphatic carbocycles. The Morgan fingerprint density at radius 2 is 0.907 bits per heavy atom. The third kappa shape index (κ3) is 3.90. The van der Waals surface area contributed by atoms with Gasteiger partial charge in [0.15, 0.2) is 0 Å². The van der Waals surface area contributed by atoms with Crippen LogP contribution in [0.25, 0.3) is 77.4 Å². The molecule has 0 saturated heterocycles. The fourth-order valence-corrected chi connectivity index (χ4v) is 10.9. The van der Waals surface area contributed by atoms with Crippen molar-refractivity contribution in [2.75, 3.05) is 0 Å². The molecule has 11 rings (SSSR count). The second-order valence-corrected chi connectivity index (χ2v) is 17.9. The van der Waals surface area contributed by atoms with Gasteiger partial charge in [-0.15, -0.1) is 0 Å². The van der Waals surface area contributed by atoms with E-state index < -0.39 is 0 Å². The van der Waals surface area contributed by atoms with Crippen LogP contribution in [0.3, 0.4) is 0 Å². The fourth-order valence-electron chi connectivity index (χ4n) is 10.9. The van der Waals surface area contributed by atoms with Gasteiger partial charge in [0.1, 0.15) is 0 Å². The molecule has 54 heavy (non-hydrogen) atoms. The van der Waals surface area contributed by atoms with Gasteiger partial charge in [0.2, 0.25) is 0 Å². The van der Waals surface area contributed by atoms with Crippen LogP contribution >= 0.6 is 0 Å². The molecule has 3 aliphatic rings. The zero-order chi connectivity index (χ0) is 37.1. The first kappa shape index (κ1) is 31.8. The van der Waals surface area contributed by atoms with E-state index in [-0.39, 0.29) is 16.2 Å². The van der Waals surface area contributed by atoms with Gasteiger partial charge < -0.3 is 4.57 Å². The summed E-state index contributed by atoms with van der Waals surface area (Å²) >= 11 is 0. The molecule has 0 amide bonds. The summed E-state index contributed by atoms with van der Waals surface area (Å²) in [6, 6.07) is 49.0. The Morgan fingerprint density at radius 3 is 1.63 bits per heavy atom. The van der Waals surface area contributed by atoms with Crippen molar-refractivity contribution in [2.24, 2.45) is 7.05 Å². The van der Waals surface area contributed by atoms with Gasteiger partial charge >= 0.3 is 0 Å². The minimum Gasteiger partial charge on any atom is -0.344 e. The Labute approximate surface area is 318 Å². The number of hydrogen-bond donors (Lipinski definition) is 0. The highest BCUT2D eigenvalue weighted by atomic mass is 15.0. The van der Waals surface area contributed by atoms with Gasteiger partial charge in [0.25, 0.3) is 0 Å². The molecule has 8 aromatic rings. The van der Waals surface area contributed by atoms with Crippen molar-refractivity contribution >= 4 is 21.5 Å². The van der Waals surface area contributed by atoms with Crippen molar-refractivity contribution in [1.29, 1.82) is 0 Å². The number of benzene rings is 7. The maximum absolute atomic E-state index is 2.54. The van der Waals surface area contributed by atoms with Crippen LogP contribution in [0.2, 0.25) is 0 Å². The van der Waals surface area contributed by atoms with Crippen LogP contribution in [0, 0.1) is 6.92 Å². The first-order chi connectivity index (χ1) is 25.9. The van der Waals surface area contributed by atoms with Gasteiger partial charge in [-0.3, -0.25) is 0 Å². The number of aryl methyl sites for hydroxylation is 1. The van der Waals surface area contributed by atoms with Gasteiger partial charge in [0, 0.05) is 34.7 Å². The Bertz CT molecular complexity index is 2980. The number of fused-ring (bicyclic) bond motifs is 13. The minimum atomic E-state index is -0.121. The van der Waals surface area contributed by atoms with E-state index in [4.69, 9.17) is 0 Å². The molecule has 1 heterocycles. The van der Waals surface area contributed by atoms with E-state index in [2.05, 4.69) is 187 Å². The molecule has 0 fully saturated rings. The highest BCUT2D eigenvalue weighted by Crippen LogP contribution is 2.58. The summed E-state index contributed by atoms with van der Waals surface area (Å²) in [4.78, 5) is 0. The number of nitrogens with zero attached hydrogens (tertiary/aromatic N) is 1.